The Bertz CT molecular complexity index is 355. The third-order valence-corrected chi connectivity index (χ3v) is 2.14. The molecule has 0 unspecified atom stereocenters. The number of hydrogen-bond acceptors (Lipinski definition) is 4. The van der Waals surface area contributed by atoms with E-state index in [1.165, 1.54) is 6.20 Å². The molecule has 0 atom stereocenters. The van der Waals surface area contributed by atoms with E-state index in [0.717, 1.165) is 19.4 Å². The van der Waals surface area contributed by atoms with E-state index in [1.807, 2.05) is 0 Å². The number of carboxylic acids is 1. The summed E-state index contributed by atoms with van der Waals surface area (Å²) in [5.74, 6) is -1.02. The van der Waals surface area contributed by atoms with Crippen molar-refractivity contribution in [3.8, 4) is 0 Å². The molecule has 5 nitrogen and oxygen atoms in total. The van der Waals surface area contributed by atoms with Crippen LogP contribution in [0.15, 0.2) is 18.3 Å². The SMILES string of the molecule is CCCOCCCNc1cccnc1C(=O)O. The van der Waals surface area contributed by atoms with Crippen LogP contribution in [0, 0.1) is 0 Å². The standard InChI is InChI=1S/C12H18N2O3/c1-2-8-17-9-4-7-13-10-5-3-6-14-11(10)12(15)16/h3,5-6,13H,2,4,7-9H2,1H3,(H,15,16). The van der Waals surface area contributed by atoms with E-state index in [-0.39, 0.29) is 5.69 Å². The summed E-state index contributed by atoms with van der Waals surface area (Å²) in [5, 5.41) is 12.0. The van der Waals surface area contributed by atoms with E-state index >= 15 is 0 Å². The van der Waals surface area contributed by atoms with Crippen molar-refractivity contribution in [2.24, 2.45) is 0 Å². The largest absolute Gasteiger partial charge is 0.476 e. The molecular formula is C12H18N2O3. The number of nitrogens with zero attached hydrogens (tertiary/aromatic N) is 1. The summed E-state index contributed by atoms with van der Waals surface area (Å²) in [5.41, 5.74) is 0.609. The van der Waals surface area contributed by atoms with Crippen LogP contribution in [0.5, 0.6) is 0 Å². The molecule has 0 aliphatic rings. The van der Waals surface area contributed by atoms with Crippen LogP contribution in [0.25, 0.3) is 0 Å². The maximum atomic E-state index is 10.9. The van der Waals surface area contributed by atoms with E-state index < -0.39 is 5.97 Å². The van der Waals surface area contributed by atoms with E-state index in [4.69, 9.17) is 9.84 Å². The molecule has 0 aliphatic heterocycles. The lowest BCUT2D eigenvalue weighted by molar-refractivity contribution is 0.0691. The van der Waals surface area contributed by atoms with Gasteiger partial charge in [-0.15, -0.1) is 0 Å². The predicted molar refractivity (Wildman–Crippen MR) is 65.4 cm³/mol. The van der Waals surface area contributed by atoms with Crippen LogP contribution < -0.4 is 5.32 Å². The summed E-state index contributed by atoms with van der Waals surface area (Å²) in [7, 11) is 0. The summed E-state index contributed by atoms with van der Waals surface area (Å²) in [4.78, 5) is 14.7. The fourth-order valence-corrected chi connectivity index (χ4v) is 1.36. The summed E-state index contributed by atoms with van der Waals surface area (Å²) in [6, 6.07) is 3.42. The Morgan fingerprint density at radius 3 is 3.06 bits per heavy atom. The van der Waals surface area contributed by atoms with Crippen LogP contribution in [0.1, 0.15) is 30.3 Å². The van der Waals surface area contributed by atoms with Crippen LogP contribution in [-0.2, 0) is 4.74 Å². The second-order valence-electron chi connectivity index (χ2n) is 3.60. The minimum absolute atomic E-state index is 0.0574. The van der Waals surface area contributed by atoms with E-state index in [9.17, 15) is 4.79 Å². The first kappa shape index (κ1) is 13.4. The molecule has 1 rings (SSSR count). The van der Waals surface area contributed by atoms with E-state index in [0.29, 0.717) is 18.8 Å². The molecule has 0 radical (unpaired) electrons. The molecular weight excluding hydrogens is 220 g/mol. The highest BCUT2D eigenvalue weighted by Crippen LogP contribution is 2.11. The smallest absolute Gasteiger partial charge is 0.356 e. The monoisotopic (exact) mass is 238 g/mol. The first-order chi connectivity index (χ1) is 8.25. The third-order valence-electron chi connectivity index (χ3n) is 2.14. The maximum absolute atomic E-state index is 10.9. The summed E-state index contributed by atoms with van der Waals surface area (Å²) >= 11 is 0. The predicted octanol–water partition coefficient (Wildman–Crippen LogP) is 2.01. The van der Waals surface area contributed by atoms with Gasteiger partial charge in [-0.2, -0.15) is 0 Å². The van der Waals surface area contributed by atoms with Crippen LogP contribution in [-0.4, -0.2) is 35.8 Å². The van der Waals surface area contributed by atoms with Gasteiger partial charge in [-0.3, -0.25) is 0 Å². The molecule has 0 saturated carbocycles. The highest BCUT2D eigenvalue weighted by molar-refractivity contribution is 5.91. The van der Waals surface area contributed by atoms with Gasteiger partial charge in [-0.25, -0.2) is 9.78 Å². The number of aromatic nitrogens is 1. The van der Waals surface area contributed by atoms with Crippen LogP contribution in [0.2, 0.25) is 0 Å². The van der Waals surface area contributed by atoms with Gasteiger partial charge in [0.2, 0.25) is 0 Å². The summed E-state index contributed by atoms with van der Waals surface area (Å²) in [6.45, 7) is 4.19. The Balaban J connectivity index is 2.34. The number of ether oxygens (including phenoxy) is 1. The average Bonchev–Trinajstić information content (AvgIpc) is 2.34. The molecule has 17 heavy (non-hydrogen) atoms. The highest BCUT2D eigenvalue weighted by atomic mass is 16.5. The van der Waals surface area contributed by atoms with Gasteiger partial charge in [-0.1, -0.05) is 6.92 Å². The highest BCUT2D eigenvalue weighted by Gasteiger charge is 2.09. The number of hydrogen-bond donors (Lipinski definition) is 2. The molecule has 0 spiro atoms. The van der Waals surface area contributed by atoms with Crippen molar-refractivity contribution in [2.75, 3.05) is 25.1 Å². The minimum atomic E-state index is -1.02. The number of aromatic carboxylic acids is 1. The molecule has 1 aromatic rings. The number of carboxylic acid groups (broad SMARTS) is 1. The molecule has 1 heterocycles. The van der Waals surface area contributed by atoms with Crippen molar-refractivity contribution in [1.82, 2.24) is 4.98 Å². The van der Waals surface area contributed by atoms with Crippen LogP contribution >= 0.6 is 0 Å². The van der Waals surface area contributed by atoms with E-state index in [2.05, 4.69) is 17.2 Å². The van der Waals surface area contributed by atoms with Gasteiger partial charge in [0.25, 0.3) is 0 Å². The molecule has 94 valence electrons. The Kier molecular flexibility index (Phi) is 6.03. The van der Waals surface area contributed by atoms with Gasteiger partial charge in [0, 0.05) is 26.0 Å². The Labute approximate surface area is 101 Å². The lowest BCUT2D eigenvalue weighted by Crippen LogP contribution is -2.11. The maximum Gasteiger partial charge on any atom is 0.356 e. The first-order valence-corrected chi connectivity index (χ1v) is 5.75. The number of nitrogens with one attached hydrogen (secondary N) is 1. The lowest BCUT2D eigenvalue weighted by atomic mass is 10.3. The molecule has 0 amide bonds. The second kappa shape index (κ2) is 7.62. The van der Waals surface area contributed by atoms with Gasteiger partial charge in [-0.05, 0) is 25.0 Å². The van der Waals surface area contributed by atoms with Crippen molar-refractivity contribution in [3.63, 3.8) is 0 Å². The molecule has 0 fully saturated rings. The zero-order chi connectivity index (χ0) is 12.5. The molecule has 2 N–H and O–H groups in total. The first-order valence-electron chi connectivity index (χ1n) is 5.75. The molecule has 0 bridgehead atoms. The Morgan fingerprint density at radius 2 is 2.35 bits per heavy atom. The van der Waals surface area contributed by atoms with Crippen molar-refractivity contribution in [2.45, 2.75) is 19.8 Å². The van der Waals surface area contributed by atoms with Gasteiger partial charge in [0.05, 0.1) is 5.69 Å². The molecule has 5 heteroatoms. The normalized spacial score (nSPS) is 10.2. The van der Waals surface area contributed by atoms with Gasteiger partial charge in [0.1, 0.15) is 0 Å². The number of carbonyl (C=O) groups is 1. The fraction of sp³-hybridized carbons (Fsp3) is 0.500. The van der Waals surface area contributed by atoms with Gasteiger partial charge in [0.15, 0.2) is 5.69 Å². The molecule has 1 aromatic heterocycles. The zero-order valence-corrected chi connectivity index (χ0v) is 9.98. The van der Waals surface area contributed by atoms with Crippen molar-refractivity contribution < 1.29 is 14.6 Å². The average molecular weight is 238 g/mol. The number of pyridine rings is 1. The van der Waals surface area contributed by atoms with Crippen molar-refractivity contribution in [1.29, 1.82) is 0 Å². The number of rotatable bonds is 8. The molecule has 0 saturated heterocycles. The van der Waals surface area contributed by atoms with Crippen molar-refractivity contribution >= 4 is 11.7 Å². The second-order valence-corrected chi connectivity index (χ2v) is 3.60. The number of anilines is 1. The topological polar surface area (TPSA) is 71.5 Å². The minimum Gasteiger partial charge on any atom is -0.476 e. The van der Waals surface area contributed by atoms with Crippen LogP contribution in [0.4, 0.5) is 5.69 Å². The molecule has 0 aromatic carbocycles. The zero-order valence-electron chi connectivity index (χ0n) is 9.98. The van der Waals surface area contributed by atoms with Gasteiger partial charge >= 0.3 is 5.97 Å². The lowest BCUT2D eigenvalue weighted by Gasteiger charge is -2.08. The molecule has 0 aliphatic carbocycles. The summed E-state index contributed by atoms with van der Waals surface area (Å²) in [6.07, 6.45) is 3.33. The van der Waals surface area contributed by atoms with Crippen molar-refractivity contribution in [3.05, 3.63) is 24.0 Å². The fourth-order valence-electron chi connectivity index (χ4n) is 1.36. The van der Waals surface area contributed by atoms with Gasteiger partial charge < -0.3 is 15.2 Å². The van der Waals surface area contributed by atoms with Crippen LogP contribution in [0.3, 0.4) is 0 Å². The Hall–Kier alpha value is -1.62. The third kappa shape index (κ3) is 4.82. The summed E-state index contributed by atoms with van der Waals surface area (Å²) < 4.78 is 5.33. The van der Waals surface area contributed by atoms with E-state index in [1.54, 1.807) is 12.1 Å². The Morgan fingerprint density at radius 1 is 1.53 bits per heavy atom. The quantitative estimate of drug-likeness (QED) is 0.678.